The molecule has 3 aromatic heterocycles. The van der Waals surface area contributed by atoms with Crippen molar-refractivity contribution in [3.05, 3.63) is 144 Å². The summed E-state index contributed by atoms with van der Waals surface area (Å²) in [7, 11) is 0. The van der Waals surface area contributed by atoms with Crippen LogP contribution < -0.4 is 18.9 Å². The molecule has 20 atom stereocenters. The van der Waals surface area contributed by atoms with Gasteiger partial charge in [-0.05, 0) is 119 Å². The van der Waals surface area contributed by atoms with Crippen molar-refractivity contribution in [2.45, 2.75) is 234 Å². The van der Waals surface area contributed by atoms with E-state index in [1.54, 1.807) is 121 Å². The first kappa shape index (κ1) is 105. The number of aromatic amines is 2. The average Bonchev–Trinajstić information content (AvgIpc) is 1.62. The van der Waals surface area contributed by atoms with Gasteiger partial charge in [-0.1, -0.05) is 48.5 Å². The van der Waals surface area contributed by atoms with Crippen LogP contribution >= 0.6 is 0 Å². The van der Waals surface area contributed by atoms with Gasteiger partial charge in [0, 0.05) is 155 Å². The second kappa shape index (κ2) is 46.6. The molecule has 0 amide bonds. The van der Waals surface area contributed by atoms with Crippen molar-refractivity contribution in [1.82, 2.24) is 19.9 Å². The van der Waals surface area contributed by atoms with E-state index in [2.05, 4.69) is 9.97 Å². The number of nitrogens with one attached hydrogen (secondary N) is 2. The van der Waals surface area contributed by atoms with Crippen LogP contribution in [-0.4, -0.2) is 265 Å². The molecule has 0 spiro atoms. The maximum absolute atomic E-state index is 13.2. The Balaban J connectivity index is 1.08. The molecule has 762 valence electrons. The van der Waals surface area contributed by atoms with Gasteiger partial charge in [0.15, 0.2) is 48.8 Å². The summed E-state index contributed by atoms with van der Waals surface area (Å²) in [5, 5.41) is 0. The lowest BCUT2D eigenvalue weighted by Gasteiger charge is -2.43. The normalized spacial score (nSPS) is 23.9. The van der Waals surface area contributed by atoms with Crippen molar-refractivity contribution in [2.75, 3.05) is 26.4 Å². The van der Waals surface area contributed by atoms with E-state index in [1.807, 2.05) is 0 Å². The highest BCUT2D eigenvalue weighted by molar-refractivity contribution is 6.00. The van der Waals surface area contributed by atoms with Crippen LogP contribution in [-0.2, 0) is 171 Å². The monoisotopic (exact) mass is 2000 g/mol. The minimum absolute atomic E-state index is 0.0228. The Morgan fingerprint density at radius 1 is 0.229 bits per heavy atom. The van der Waals surface area contributed by atoms with Gasteiger partial charge in [0.05, 0.1) is 22.8 Å². The molecule has 0 radical (unpaired) electrons. The third-order valence-electron chi connectivity index (χ3n) is 22.0. The van der Waals surface area contributed by atoms with Gasteiger partial charge in [-0.25, -0.2) is 9.97 Å². The average molecular weight is 2000 g/mol. The fourth-order valence-electron chi connectivity index (χ4n) is 17.0. The first-order valence-electron chi connectivity index (χ1n) is 44.9. The van der Waals surface area contributed by atoms with Gasteiger partial charge in [-0.2, -0.15) is 0 Å². The summed E-state index contributed by atoms with van der Waals surface area (Å²) in [5.74, 6) is -14.1. The maximum atomic E-state index is 13.2. The number of hydrogen-bond donors (Lipinski definition) is 2. The molecule has 4 aromatic carbocycles. The third kappa shape index (κ3) is 26.6. The van der Waals surface area contributed by atoms with Crippen LogP contribution in [0.2, 0.25) is 0 Å². The van der Waals surface area contributed by atoms with Crippen molar-refractivity contribution < 1.29 is 190 Å². The van der Waals surface area contributed by atoms with Gasteiger partial charge < -0.3 is 124 Å². The van der Waals surface area contributed by atoms with Crippen LogP contribution in [0.5, 0.6) is 23.0 Å². The molecule has 13 rings (SSSR count). The molecule has 4 fully saturated rings. The quantitative estimate of drug-likeness (QED) is 0.0293. The molecular weight excluding hydrogens is 1900 g/mol. The number of nitrogens with zero attached hydrogens (tertiary/aromatic N) is 2. The standard InChI is InChI=1S/C100H102N4O40/c1-45(105)121-41-77-85(125-49(5)109)89(129-53(9)113)93(133-57(13)117)97(141-77)137-65-25-17-21-61(37-65)81-69-29-31-71(101-69)82(62-22-18-26-66(38-62)138-98-94(134-58(14)118)90(130-54(10)114)86(126-50(6)110)78(142-98)42-122-46(2)106)73-33-35-75(103-73)84(64-24-20-28-68(40-64)140-100-96(136-60(16)120)92(132-56(12)116)88(128-52(8)112)80(144-100)44-124-48(4)108)76-36-34-74(104-76)83(72-32-30-70(81)102-72)63-23-19-27-67(39-63)139-99-95(135-59(15)119)91(131-55(11)115)87(127-51(7)111)79(143-99)43-123-47(3)107/h17-40,77-80,85-101,104H,41-44H2,1-16H3. The van der Waals surface area contributed by atoms with Gasteiger partial charge in [0.1, 0.15) is 73.8 Å². The number of ether oxygens (including phenoxy) is 24. The first-order valence-corrected chi connectivity index (χ1v) is 44.9. The number of carbonyl (C=O) groups excluding carboxylic acids is 16. The SMILES string of the molecule is CC(=O)OCC1OC(Oc2cccc(-c3c4nc(c(-c5cccc(OC6OC(COC(C)=O)C(OC(C)=O)C(OC(C)=O)C6OC(C)=O)c5)c5ccc([nH]5)c(-c5cccc(OC6OC(COC(C)=O)C(OC(C)=O)C(OC(C)=O)C6OC(C)=O)c5)c5nc(c(-c6cccc(OC7OC(COC(C)=O)C(OC(C)=O)C(OC(C)=O)C7OC(C)=O)c6)c6ccc3[nH]6)C=C5)C=C4)c2)C(OC(C)=O)C(OC(C)=O)C1OC(C)=O. The molecule has 44 nitrogen and oxygen atoms in total. The number of esters is 16. The van der Waals surface area contributed by atoms with Crippen LogP contribution in [0, 0.1) is 0 Å². The summed E-state index contributed by atoms with van der Waals surface area (Å²) in [6, 6.07) is 32.4. The smallest absolute Gasteiger partial charge is 0.303 e. The number of carbonyl (C=O) groups is 16. The summed E-state index contributed by atoms with van der Waals surface area (Å²) < 4.78 is 143. The van der Waals surface area contributed by atoms with E-state index in [9.17, 15) is 76.7 Å². The second-order valence-corrected chi connectivity index (χ2v) is 33.4. The number of fused-ring (bicyclic) bond motifs is 8. The second-order valence-electron chi connectivity index (χ2n) is 33.4. The third-order valence-corrected chi connectivity index (χ3v) is 22.0. The molecule has 0 saturated carbocycles. The molecule has 6 aliphatic heterocycles. The van der Waals surface area contributed by atoms with Gasteiger partial charge in [0.2, 0.25) is 49.6 Å². The summed E-state index contributed by atoms with van der Waals surface area (Å²) >= 11 is 0. The molecule has 2 N–H and O–H groups in total. The highest BCUT2D eigenvalue weighted by atomic mass is 16.8. The Bertz CT molecular complexity index is 5630. The molecule has 20 unspecified atom stereocenters. The molecule has 4 saturated heterocycles. The van der Waals surface area contributed by atoms with Crippen LogP contribution in [0.25, 0.3) is 90.9 Å². The zero-order chi connectivity index (χ0) is 104. The fraction of sp³-hybridized carbons (Fsp3) is 0.400. The molecule has 44 heteroatoms. The Kier molecular flexibility index (Phi) is 34.1. The first-order chi connectivity index (χ1) is 68.5. The van der Waals surface area contributed by atoms with Gasteiger partial charge >= 0.3 is 95.5 Å². The summed E-state index contributed by atoms with van der Waals surface area (Å²) in [4.78, 5) is 225. The number of rotatable bonds is 32. The van der Waals surface area contributed by atoms with Gasteiger partial charge in [-0.3, -0.25) is 76.7 Å². The van der Waals surface area contributed by atoms with E-state index >= 15 is 0 Å². The molecule has 0 aliphatic carbocycles. The van der Waals surface area contributed by atoms with Gasteiger partial charge in [0.25, 0.3) is 0 Å². The van der Waals surface area contributed by atoms with Crippen molar-refractivity contribution >= 4 is 142 Å². The summed E-state index contributed by atoms with van der Waals surface area (Å²) in [5.41, 5.74) is 4.49. The van der Waals surface area contributed by atoms with E-state index in [0.717, 1.165) is 111 Å². The zero-order valence-electron chi connectivity index (χ0n) is 80.5. The number of benzene rings is 4. The number of aromatic nitrogens is 4. The Labute approximate surface area is 820 Å². The Hall–Kier alpha value is -16.0. The minimum atomic E-state index is -1.75. The highest BCUT2D eigenvalue weighted by Gasteiger charge is 2.58. The van der Waals surface area contributed by atoms with Crippen LogP contribution in [0.1, 0.15) is 134 Å². The maximum Gasteiger partial charge on any atom is 0.303 e. The van der Waals surface area contributed by atoms with Crippen molar-refractivity contribution in [3.63, 3.8) is 0 Å². The van der Waals surface area contributed by atoms with Gasteiger partial charge in [-0.15, -0.1) is 0 Å². The molecule has 144 heavy (non-hydrogen) atoms. The van der Waals surface area contributed by atoms with E-state index in [1.165, 1.54) is 24.3 Å². The zero-order valence-corrected chi connectivity index (χ0v) is 80.5. The van der Waals surface area contributed by atoms with Crippen molar-refractivity contribution in [3.8, 4) is 67.5 Å². The van der Waals surface area contributed by atoms with E-state index in [0.29, 0.717) is 66.6 Å². The van der Waals surface area contributed by atoms with E-state index < -0.39 is 245 Å². The van der Waals surface area contributed by atoms with Crippen molar-refractivity contribution in [1.29, 1.82) is 0 Å². The summed E-state index contributed by atoms with van der Waals surface area (Å²) in [6.45, 7) is 14.8. The van der Waals surface area contributed by atoms with Crippen molar-refractivity contribution in [2.24, 2.45) is 0 Å². The van der Waals surface area contributed by atoms with E-state index in [-0.39, 0.29) is 45.8 Å². The largest absolute Gasteiger partial charge is 0.463 e. The Morgan fingerprint density at radius 3 is 0.576 bits per heavy atom. The minimum Gasteiger partial charge on any atom is -0.463 e. The van der Waals surface area contributed by atoms with Crippen LogP contribution in [0.15, 0.2) is 121 Å². The lowest BCUT2D eigenvalue weighted by molar-refractivity contribution is -0.288. The Morgan fingerprint density at radius 2 is 0.403 bits per heavy atom. The van der Waals surface area contributed by atoms with Crippen LogP contribution in [0.4, 0.5) is 0 Å². The number of H-pyrrole nitrogens is 2. The molecule has 8 bridgehead atoms. The lowest BCUT2D eigenvalue weighted by Crippen LogP contribution is -2.63. The molecule has 7 aromatic rings. The highest BCUT2D eigenvalue weighted by Crippen LogP contribution is 2.45. The summed E-state index contributed by atoms with van der Waals surface area (Å²) in [6.07, 6.45) is -25.7. The van der Waals surface area contributed by atoms with Crippen LogP contribution in [0.3, 0.4) is 0 Å². The molecule has 9 heterocycles. The van der Waals surface area contributed by atoms with E-state index in [4.69, 9.17) is 124 Å². The predicted molar refractivity (Wildman–Crippen MR) is 491 cm³/mol. The fourth-order valence-corrected chi connectivity index (χ4v) is 17.0. The lowest BCUT2D eigenvalue weighted by atomic mass is 9.98. The molecule has 6 aliphatic rings. The number of hydrogen-bond acceptors (Lipinski definition) is 42. The molecular formula is C100H102N4O40. The predicted octanol–water partition coefficient (Wildman–Crippen LogP) is 9.17. The topological polar surface area (TPSA) is 552 Å².